The summed E-state index contributed by atoms with van der Waals surface area (Å²) >= 11 is 0. The maximum Gasteiger partial charge on any atom is 0.322 e. The Kier molecular flexibility index (Phi) is 4.49. The van der Waals surface area contributed by atoms with Gasteiger partial charge >= 0.3 is 7.60 Å². The summed E-state index contributed by atoms with van der Waals surface area (Å²) in [6.07, 6.45) is 0. The lowest BCUT2D eigenvalue weighted by Gasteiger charge is -1.84. The van der Waals surface area contributed by atoms with Crippen molar-refractivity contribution in [1.29, 1.82) is 0 Å². The molecule has 0 aromatic heterocycles. The summed E-state index contributed by atoms with van der Waals surface area (Å²) in [6.45, 7) is 0.854. The summed E-state index contributed by atoms with van der Waals surface area (Å²) in [5.41, 5.74) is 0. The van der Waals surface area contributed by atoms with Gasteiger partial charge in [-0.25, -0.2) is 0 Å². The zero-order chi connectivity index (χ0) is 4.50. The van der Waals surface area contributed by atoms with Crippen LogP contribution < -0.4 is 0 Å². The Bertz CT molecular complexity index is 56.9. The normalized spacial score (nSPS) is 9.83. The Morgan fingerprint density at radius 1 is 1.50 bits per heavy atom. The minimum atomic E-state index is -3.64. The van der Waals surface area contributed by atoms with Crippen molar-refractivity contribution < 1.29 is 14.4 Å². The van der Waals surface area contributed by atoms with Crippen LogP contribution in [0.3, 0.4) is 0 Å². The molecule has 0 saturated heterocycles. The standard InChI is InChI=1S/CH5O3P.BrH/c1-5(2,3)4;/h1H3,(H2,2,3,4);1H. The average molecular weight is 177 g/mol. The lowest BCUT2D eigenvalue weighted by molar-refractivity contribution is 0.381. The van der Waals surface area contributed by atoms with Crippen LogP contribution in [0, 0.1) is 0 Å². The first-order valence-electron chi connectivity index (χ1n) is 1.03. The molecule has 0 spiro atoms. The second-order valence-electron chi connectivity index (χ2n) is 0.835. The minimum absolute atomic E-state index is 0. The average Bonchev–Trinajstić information content (AvgIpc) is 0.722. The maximum absolute atomic E-state index is 9.33. The molecule has 0 unspecified atom stereocenters. The van der Waals surface area contributed by atoms with Crippen LogP contribution in [0.1, 0.15) is 0 Å². The lowest BCUT2D eigenvalue weighted by atomic mass is 12.0. The van der Waals surface area contributed by atoms with Crippen molar-refractivity contribution in [1.82, 2.24) is 0 Å². The molecule has 40 valence electrons. The Balaban J connectivity index is 0. The number of rotatable bonds is 0. The van der Waals surface area contributed by atoms with Crippen LogP contribution in [0.5, 0.6) is 0 Å². The van der Waals surface area contributed by atoms with E-state index in [9.17, 15) is 4.57 Å². The molecule has 0 atom stereocenters. The maximum atomic E-state index is 9.33. The van der Waals surface area contributed by atoms with Gasteiger partial charge in [0.25, 0.3) is 0 Å². The predicted molar refractivity (Wildman–Crippen MR) is 28.3 cm³/mol. The second-order valence-corrected chi connectivity index (χ2v) is 2.51. The van der Waals surface area contributed by atoms with Gasteiger partial charge in [-0.1, -0.05) is 0 Å². The van der Waals surface area contributed by atoms with Crippen molar-refractivity contribution in [2.24, 2.45) is 0 Å². The number of hydrogen-bond donors (Lipinski definition) is 2. The van der Waals surface area contributed by atoms with Crippen LogP contribution in [0.4, 0.5) is 0 Å². The molecule has 0 heterocycles. The highest BCUT2D eigenvalue weighted by Crippen LogP contribution is 2.26. The van der Waals surface area contributed by atoms with Gasteiger partial charge in [-0.3, -0.25) is 4.57 Å². The van der Waals surface area contributed by atoms with E-state index in [1.807, 2.05) is 0 Å². The minimum Gasteiger partial charge on any atom is -0.325 e. The van der Waals surface area contributed by atoms with E-state index in [0.717, 1.165) is 6.66 Å². The molecule has 3 nitrogen and oxygen atoms in total. The van der Waals surface area contributed by atoms with Gasteiger partial charge in [0.05, 0.1) is 0 Å². The molecule has 0 aliphatic rings. The van der Waals surface area contributed by atoms with Crippen LogP contribution >= 0.6 is 24.6 Å². The third-order valence-corrected chi connectivity index (χ3v) is 0. The molecular formula is CH6BrO3P. The monoisotopic (exact) mass is 176 g/mol. The van der Waals surface area contributed by atoms with E-state index in [1.165, 1.54) is 0 Å². The van der Waals surface area contributed by atoms with E-state index in [2.05, 4.69) is 0 Å². The van der Waals surface area contributed by atoms with Gasteiger partial charge in [-0.15, -0.1) is 17.0 Å². The van der Waals surface area contributed by atoms with Gasteiger partial charge in [0, 0.05) is 6.66 Å². The first-order chi connectivity index (χ1) is 2.00. The molecule has 0 amide bonds. The molecule has 0 aliphatic carbocycles. The SMILES string of the molecule is Br.CP(=O)(O)O. The molecule has 0 aromatic rings. The van der Waals surface area contributed by atoms with E-state index >= 15 is 0 Å². The fraction of sp³-hybridized carbons (Fsp3) is 1.00. The quantitative estimate of drug-likeness (QED) is 0.525. The molecule has 0 radical (unpaired) electrons. The highest BCUT2D eigenvalue weighted by atomic mass is 79.9. The van der Waals surface area contributed by atoms with Crippen molar-refractivity contribution in [2.45, 2.75) is 0 Å². The summed E-state index contributed by atoms with van der Waals surface area (Å²) in [5, 5.41) is 0. The summed E-state index contributed by atoms with van der Waals surface area (Å²) < 4.78 is 9.33. The zero-order valence-corrected chi connectivity index (χ0v) is 5.77. The zero-order valence-electron chi connectivity index (χ0n) is 3.16. The molecule has 5 heteroatoms. The third-order valence-electron chi connectivity index (χ3n) is 0. The van der Waals surface area contributed by atoms with Crippen LogP contribution in [0.2, 0.25) is 0 Å². The predicted octanol–water partition coefficient (Wildman–Crippen LogP) is 0.372. The molecule has 0 saturated carbocycles. The molecule has 0 fully saturated rings. The highest BCUT2D eigenvalue weighted by Gasteiger charge is 1.95. The fourth-order valence-corrected chi connectivity index (χ4v) is 0. The van der Waals surface area contributed by atoms with Gasteiger partial charge < -0.3 is 9.79 Å². The van der Waals surface area contributed by atoms with E-state index in [1.54, 1.807) is 0 Å². The van der Waals surface area contributed by atoms with Gasteiger partial charge in [0.15, 0.2) is 0 Å². The molecule has 2 N–H and O–H groups in total. The summed E-state index contributed by atoms with van der Waals surface area (Å²) in [5.74, 6) is 0. The van der Waals surface area contributed by atoms with Gasteiger partial charge in [0.1, 0.15) is 0 Å². The van der Waals surface area contributed by atoms with E-state index in [0.29, 0.717) is 0 Å². The first kappa shape index (κ1) is 9.80. The molecule has 6 heavy (non-hydrogen) atoms. The summed E-state index contributed by atoms with van der Waals surface area (Å²) in [6, 6.07) is 0. The third kappa shape index (κ3) is 154. The van der Waals surface area contributed by atoms with E-state index in [4.69, 9.17) is 9.79 Å². The van der Waals surface area contributed by atoms with Gasteiger partial charge in [-0.2, -0.15) is 0 Å². The molecule has 0 rings (SSSR count). The first-order valence-corrected chi connectivity index (χ1v) is 3.09. The van der Waals surface area contributed by atoms with Crippen molar-refractivity contribution in [3.05, 3.63) is 0 Å². The van der Waals surface area contributed by atoms with Crippen molar-refractivity contribution in [2.75, 3.05) is 6.66 Å². The van der Waals surface area contributed by atoms with Crippen LogP contribution in [-0.4, -0.2) is 16.5 Å². The highest BCUT2D eigenvalue weighted by molar-refractivity contribution is 8.93. The molecule has 0 aliphatic heterocycles. The van der Waals surface area contributed by atoms with Crippen molar-refractivity contribution >= 4 is 24.6 Å². The van der Waals surface area contributed by atoms with Gasteiger partial charge in [0.2, 0.25) is 0 Å². The van der Waals surface area contributed by atoms with Crippen LogP contribution in [-0.2, 0) is 4.57 Å². The van der Waals surface area contributed by atoms with Crippen molar-refractivity contribution in [3.63, 3.8) is 0 Å². The van der Waals surface area contributed by atoms with Crippen LogP contribution in [0.25, 0.3) is 0 Å². The Hall–Kier alpha value is 0.630. The van der Waals surface area contributed by atoms with Gasteiger partial charge in [-0.05, 0) is 0 Å². The summed E-state index contributed by atoms with van der Waals surface area (Å²) in [4.78, 5) is 15.3. The Labute approximate surface area is 46.3 Å². The largest absolute Gasteiger partial charge is 0.325 e. The second kappa shape index (κ2) is 2.75. The molecular weight excluding hydrogens is 171 g/mol. The van der Waals surface area contributed by atoms with Crippen LogP contribution in [0.15, 0.2) is 0 Å². The van der Waals surface area contributed by atoms with Crippen molar-refractivity contribution in [3.8, 4) is 0 Å². The topological polar surface area (TPSA) is 57.5 Å². The van der Waals surface area contributed by atoms with E-state index in [-0.39, 0.29) is 17.0 Å². The summed E-state index contributed by atoms with van der Waals surface area (Å²) in [7, 11) is -3.64. The smallest absolute Gasteiger partial charge is 0.322 e. The number of hydrogen-bond acceptors (Lipinski definition) is 1. The molecule has 0 bridgehead atoms. The molecule has 0 aromatic carbocycles. The Morgan fingerprint density at radius 2 is 1.50 bits per heavy atom. The fourth-order valence-electron chi connectivity index (χ4n) is 0. The lowest BCUT2D eigenvalue weighted by Crippen LogP contribution is -1.64. The number of halogens is 1. The van der Waals surface area contributed by atoms with E-state index < -0.39 is 7.60 Å². The Morgan fingerprint density at radius 3 is 1.50 bits per heavy atom.